The number of aromatic nitrogens is 1. The summed E-state index contributed by atoms with van der Waals surface area (Å²) in [6, 6.07) is 14.3. The van der Waals surface area contributed by atoms with Crippen LogP contribution in [0.15, 0.2) is 76.1 Å². The maximum absolute atomic E-state index is 12.7. The summed E-state index contributed by atoms with van der Waals surface area (Å²) in [5, 5.41) is 1.84. The fourth-order valence-corrected chi connectivity index (χ4v) is 5.72. The Balaban J connectivity index is 1.30. The van der Waals surface area contributed by atoms with E-state index in [4.69, 9.17) is 9.47 Å². The van der Waals surface area contributed by atoms with E-state index in [0.717, 1.165) is 5.56 Å². The second-order valence-electron chi connectivity index (χ2n) is 8.33. The number of thiazole rings is 1. The van der Waals surface area contributed by atoms with Gasteiger partial charge in [0.2, 0.25) is 10.0 Å². The van der Waals surface area contributed by atoms with E-state index in [1.165, 1.54) is 45.5 Å². The predicted octanol–water partition coefficient (Wildman–Crippen LogP) is 2.61. The second kappa shape index (κ2) is 12.2. The van der Waals surface area contributed by atoms with Crippen molar-refractivity contribution in [2.45, 2.75) is 18.4 Å². The van der Waals surface area contributed by atoms with Crippen LogP contribution in [-0.2, 0) is 35.6 Å². The van der Waals surface area contributed by atoms with Gasteiger partial charge >= 0.3 is 5.97 Å². The number of sulfonamides is 1. The molecule has 0 saturated carbocycles. The molecule has 2 aromatic carbocycles. The Morgan fingerprint density at radius 3 is 2.49 bits per heavy atom. The van der Waals surface area contributed by atoms with Crippen molar-refractivity contribution in [3.05, 3.63) is 87.7 Å². The smallest absolute Gasteiger partial charge is 0.331 e. The fraction of sp³-hybridized carbons (Fsp3) is 0.269. The Kier molecular flexibility index (Phi) is 8.82. The van der Waals surface area contributed by atoms with Gasteiger partial charge in [-0.15, -0.1) is 11.3 Å². The standard InChI is InChI=1S/C26H27N3O6S2/c1-20-2-4-22(5-3-20)18-28-14-17-36-26(28)27-24(30)19-35-25(31)11-8-21-6-9-23(10-7-21)37(32,33)29-12-15-34-16-13-29/h2-11,14,17H,12-13,15-16,18-19H2,1H3/b11-8+,27-26?. The molecule has 4 rings (SSSR count). The molecule has 0 spiro atoms. The molecule has 1 fully saturated rings. The molecule has 1 amide bonds. The molecule has 1 aliphatic rings. The summed E-state index contributed by atoms with van der Waals surface area (Å²) in [6.07, 6.45) is 4.52. The van der Waals surface area contributed by atoms with Crippen molar-refractivity contribution in [3.63, 3.8) is 0 Å². The number of carbonyl (C=O) groups is 2. The third-order valence-electron chi connectivity index (χ3n) is 5.59. The summed E-state index contributed by atoms with van der Waals surface area (Å²) in [5.74, 6) is -1.27. The quantitative estimate of drug-likeness (QED) is 0.321. The first-order valence-corrected chi connectivity index (χ1v) is 13.9. The third-order valence-corrected chi connectivity index (χ3v) is 8.30. The lowest BCUT2D eigenvalue weighted by Gasteiger charge is -2.26. The van der Waals surface area contributed by atoms with Crippen molar-refractivity contribution < 1.29 is 27.5 Å². The zero-order valence-corrected chi connectivity index (χ0v) is 21.9. The van der Waals surface area contributed by atoms with E-state index in [1.54, 1.807) is 12.1 Å². The molecule has 11 heteroatoms. The van der Waals surface area contributed by atoms with Crippen LogP contribution in [0, 0.1) is 6.92 Å². The van der Waals surface area contributed by atoms with Crippen LogP contribution in [0.4, 0.5) is 0 Å². The van der Waals surface area contributed by atoms with Crippen molar-refractivity contribution in [2.24, 2.45) is 4.99 Å². The van der Waals surface area contributed by atoms with Gasteiger partial charge in [-0.2, -0.15) is 9.30 Å². The first-order valence-electron chi connectivity index (χ1n) is 11.6. The lowest BCUT2D eigenvalue weighted by molar-refractivity contribution is -0.142. The summed E-state index contributed by atoms with van der Waals surface area (Å²) < 4.78 is 38.8. The highest BCUT2D eigenvalue weighted by molar-refractivity contribution is 7.89. The summed E-state index contributed by atoms with van der Waals surface area (Å²) in [5.41, 5.74) is 2.87. The van der Waals surface area contributed by atoms with E-state index in [0.29, 0.717) is 43.2 Å². The summed E-state index contributed by atoms with van der Waals surface area (Å²) >= 11 is 1.32. The molecule has 1 saturated heterocycles. The van der Waals surface area contributed by atoms with Crippen molar-refractivity contribution >= 4 is 39.3 Å². The second-order valence-corrected chi connectivity index (χ2v) is 11.1. The van der Waals surface area contributed by atoms with E-state index in [1.807, 2.05) is 47.3 Å². The molecular formula is C26H27N3O6S2. The number of hydrogen-bond acceptors (Lipinski definition) is 7. The van der Waals surface area contributed by atoms with E-state index in [-0.39, 0.29) is 4.90 Å². The summed E-state index contributed by atoms with van der Waals surface area (Å²) in [6.45, 7) is 3.50. The largest absolute Gasteiger partial charge is 0.452 e. The third kappa shape index (κ3) is 7.32. The lowest BCUT2D eigenvalue weighted by Crippen LogP contribution is -2.40. The van der Waals surface area contributed by atoms with E-state index in [2.05, 4.69) is 4.99 Å². The number of amides is 1. The SMILES string of the molecule is Cc1ccc(Cn2ccsc2=NC(=O)COC(=O)/C=C/c2ccc(S(=O)(=O)N3CCOCC3)cc2)cc1. The normalized spacial score (nSPS) is 15.2. The van der Waals surface area contributed by atoms with Gasteiger partial charge < -0.3 is 14.0 Å². The topological polar surface area (TPSA) is 107 Å². The molecule has 3 aromatic rings. The van der Waals surface area contributed by atoms with E-state index >= 15 is 0 Å². The number of aryl methyl sites for hydroxylation is 1. The van der Waals surface area contributed by atoms with Crippen LogP contribution in [0.2, 0.25) is 0 Å². The number of hydrogen-bond donors (Lipinski definition) is 0. The van der Waals surface area contributed by atoms with Crippen LogP contribution in [0.1, 0.15) is 16.7 Å². The first-order chi connectivity index (χ1) is 17.8. The predicted molar refractivity (Wildman–Crippen MR) is 139 cm³/mol. The van der Waals surface area contributed by atoms with Crippen LogP contribution < -0.4 is 4.80 Å². The Bertz CT molecular complexity index is 1430. The van der Waals surface area contributed by atoms with Crippen LogP contribution in [0.25, 0.3) is 6.08 Å². The number of nitrogens with zero attached hydrogens (tertiary/aromatic N) is 3. The van der Waals surface area contributed by atoms with Gasteiger partial charge in [-0.3, -0.25) is 4.79 Å². The number of morpholine rings is 1. The minimum atomic E-state index is -3.58. The molecule has 37 heavy (non-hydrogen) atoms. The minimum absolute atomic E-state index is 0.175. The molecule has 0 unspecified atom stereocenters. The Morgan fingerprint density at radius 2 is 1.78 bits per heavy atom. The zero-order chi connectivity index (χ0) is 26.3. The average Bonchev–Trinajstić information content (AvgIpc) is 3.34. The van der Waals surface area contributed by atoms with Gasteiger partial charge in [0.1, 0.15) is 0 Å². The van der Waals surface area contributed by atoms with Crippen molar-refractivity contribution in [2.75, 3.05) is 32.9 Å². The molecular weight excluding hydrogens is 514 g/mol. The molecule has 0 bridgehead atoms. The first kappa shape index (κ1) is 26.7. The Hall–Kier alpha value is -3.38. The number of ether oxygens (including phenoxy) is 2. The van der Waals surface area contributed by atoms with Gasteiger partial charge in [0.05, 0.1) is 18.1 Å². The molecule has 194 valence electrons. The number of esters is 1. The molecule has 1 aromatic heterocycles. The molecule has 9 nitrogen and oxygen atoms in total. The Morgan fingerprint density at radius 1 is 1.08 bits per heavy atom. The molecule has 1 aliphatic heterocycles. The van der Waals surface area contributed by atoms with Crippen molar-refractivity contribution in [1.82, 2.24) is 8.87 Å². The fourth-order valence-electron chi connectivity index (χ4n) is 3.57. The lowest BCUT2D eigenvalue weighted by atomic mass is 10.1. The number of rotatable bonds is 8. The number of benzene rings is 2. The highest BCUT2D eigenvalue weighted by Crippen LogP contribution is 2.18. The molecule has 0 aliphatic carbocycles. The minimum Gasteiger partial charge on any atom is -0.452 e. The molecule has 2 heterocycles. The van der Waals surface area contributed by atoms with Gasteiger partial charge in [-0.25, -0.2) is 13.2 Å². The average molecular weight is 542 g/mol. The van der Waals surface area contributed by atoms with Gasteiger partial charge in [0, 0.05) is 37.3 Å². The van der Waals surface area contributed by atoms with Crippen LogP contribution >= 0.6 is 11.3 Å². The maximum atomic E-state index is 12.7. The van der Waals surface area contributed by atoms with Crippen LogP contribution in [-0.4, -0.2) is 62.1 Å². The molecule has 0 atom stereocenters. The highest BCUT2D eigenvalue weighted by Gasteiger charge is 2.25. The van der Waals surface area contributed by atoms with Gasteiger partial charge in [-0.1, -0.05) is 42.0 Å². The number of carbonyl (C=O) groups excluding carboxylic acids is 2. The molecule has 0 radical (unpaired) electrons. The highest BCUT2D eigenvalue weighted by atomic mass is 32.2. The summed E-state index contributed by atoms with van der Waals surface area (Å²) in [4.78, 5) is 29.1. The van der Waals surface area contributed by atoms with Crippen LogP contribution in [0.3, 0.4) is 0 Å². The summed E-state index contributed by atoms with van der Waals surface area (Å²) in [7, 11) is -3.58. The van der Waals surface area contributed by atoms with E-state index in [9.17, 15) is 18.0 Å². The van der Waals surface area contributed by atoms with Crippen LogP contribution in [0.5, 0.6) is 0 Å². The van der Waals surface area contributed by atoms with Crippen molar-refractivity contribution in [1.29, 1.82) is 0 Å². The van der Waals surface area contributed by atoms with Gasteiger partial charge in [0.25, 0.3) is 5.91 Å². The van der Waals surface area contributed by atoms with Crippen molar-refractivity contribution in [3.8, 4) is 0 Å². The van der Waals surface area contributed by atoms with E-state index < -0.39 is 28.5 Å². The van der Waals surface area contributed by atoms with Gasteiger partial charge in [-0.05, 0) is 36.3 Å². The monoisotopic (exact) mass is 541 g/mol. The molecule has 0 N–H and O–H groups in total. The maximum Gasteiger partial charge on any atom is 0.331 e. The Labute approximate surface area is 219 Å². The zero-order valence-electron chi connectivity index (χ0n) is 20.3. The van der Waals surface area contributed by atoms with Gasteiger partial charge in [0.15, 0.2) is 11.4 Å².